The van der Waals surface area contributed by atoms with Gasteiger partial charge in [-0.25, -0.2) is 0 Å². The van der Waals surface area contributed by atoms with Crippen molar-refractivity contribution in [3.8, 4) is 0 Å². The first-order valence-corrected chi connectivity index (χ1v) is 5.74. The molecule has 0 rings (SSSR count). The van der Waals surface area contributed by atoms with Gasteiger partial charge in [0.25, 0.3) is 0 Å². The van der Waals surface area contributed by atoms with Crippen LogP contribution in [0.2, 0.25) is 0 Å². The minimum absolute atomic E-state index is 0.492. The van der Waals surface area contributed by atoms with E-state index in [1.807, 2.05) is 0 Å². The zero-order valence-corrected chi connectivity index (χ0v) is 10.8. The first kappa shape index (κ1) is 19.3. The van der Waals surface area contributed by atoms with Gasteiger partial charge in [0, 0.05) is 0 Å². The van der Waals surface area contributed by atoms with Gasteiger partial charge >= 0.3 is 29.9 Å². The fraction of sp³-hybridized carbons (Fsp3) is 0.875. The molecule has 0 radical (unpaired) electrons. The largest absolute Gasteiger partial charge is 0.465 e. The molecule has 0 atom stereocenters. The molecule has 0 aliphatic carbocycles. The van der Waals surface area contributed by atoms with Crippen molar-refractivity contribution >= 4 is 21.9 Å². The molecule has 0 aromatic heterocycles. The lowest BCUT2D eigenvalue weighted by Crippen LogP contribution is -2.61. The number of hydrogen-bond donors (Lipinski definition) is 0. The third-order valence-electron chi connectivity index (χ3n) is 2.00. The summed E-state index contributed by atoms with van der Waals surface area (Å²) < 4.78 is 115. The van der Waals surface area contributed by atoms with Gasteiger partial charge < -0.3 is 4.74 Å². The zero-order valence-electron chi connectivity index (χ0n) is 9.22. The zero-order chi connectivity index (χ0) is 16.4. The van der Waals surface area contributed by atoms with Gasteiger partial charge in [0.2, 0.25) is 0 Å². The monoisotopic (exact) mass is 384 g/mol. The van der Waals surface area contributed by atoms with Crippen molar-refractivity contribution in [3.63, 3.8) is 0 Å². The van der Waals surface area contributed by atoms with Gasteiger partial charge in [-0.2, -0.15) is 39.5 Å². The summed E-state index contributed by atoms with van der Waals surface area (Å²) in [7, 11) is 0. The van der Waals surface area contributed by atoms with Crippen LogP contribution >= 0.6 is 15.9 Å². The molecule has 0 N–H and O–H groups in total. The van der Waals surface area contributed by atoms with E-state index in [0.29, 0.717) is 0 Å². The summed E-state index contributed by atoms with van der Waals surface area (Å²) in [6.07, 6.45) is -9.04. The molecule has 120 valence electrons. The lowest BCUT2D eigenvalue weighted by atomic mass is 10.0. The molecule has 0 heterocycles. The predicted octanol–water partition coefficient (Wildman–Crippen LogP) is 3.78. The molecule has 0 aliphatic rings. The first-order chi connectivity index (χ1) is 8.70. The summed E-state index contributed by atoms with van der Waals surface area (Å²) in [6, 6.07) is 0. The third kappa shape index (κ3) is 3.70. The molecule has 0 amide bonds. The number of carbonyl (C=O) groups excluding carboxylic acids is 1. The van der Waals surface area contributed by atoms with Gasteiger partial charge in [0.1, 0.15) is 5.33 Å². The van der Waals surface area contributed by atoms with Gasteiger partial charge in [-0.3, -0.25) is 4.79 Å². The van der Waals surface area contributed by atoms with E-state index in [-0.39, 0.29) is 0 Å². The normalized spacial score (nSPS) is 14.3. The Bertz CT molecular complexity index is 352. The highest BCUT2D eigenvalue weighted by molar-refractivity contribution is 9.09. The summed E-state index contributed by atoms with van der Waals surface area (Å²) >= 11 is 2.51. The smallest absolute Gasteiger partial charge is 0.460 e. The SMILES string of the molecule is O=C(CBr)OCCC(F)(F)C(F)(F)C(F)(F)C(F)(F)F. The Kier molecular flexibility index (Phi) is 5.77. The van der Waals surface area contributed by atoms with Crippen LogP contribution in [0.1, 0.15) is 6.42 Å². The first-order valence-electron chi connectivity index (χ1n) is 4.62. The van der Waals surface area contributed by atoms with Crippen LogP contribution in [0.3, 0.4) is 0 Å². The number of carbonyl (C=O) groups is 1. The van der Waals surface area contributed by atoms with E-state index in [1.165, 1.54) is 0 Å². The van der Waals surface area contributed by atoms with Crippen LogP contribution in [0.4, 0.5) is 39.5 Å². The highest BCUT2D eigenvalue weighted by atomic mass is 79.9. The fourth-order valence-electron chi connectivity index (χ4n) is 0.896. The molecule has 0 aromatic rings. The summed E-state index contributed by atoms with van der Waals surface area (Å²) in [5, 5.41) is -0.492. The summed E-state index contributed by atoms with van der Waals surface area (Å²) in [4.78, 5) is 10.5. The van der Waals surface area contributed by atoms with Gasteiger partial charge in [-0.15, -0.1) is 0 Å². The maximum atomic E-state index is 12.8. The van der Waals surface area contributed by atoms with Gasteiger partial charge in [0.15, 0.2) is 0 Å². The van der Waals surface area contributed by atoms with Crippen molar-refractivity contribution in [2.45, 2.75) is 30.4 Å². The second kappa shape index (κ2) is 5.98. The molecule has 2 nitrogen and oxygen atoms in total. The highest BCUT2D eigenvalue weighted by Crippen LogP contribution is 2.53. The lowest BCUT2D eigenvalue weighted by Gasteiger charge is -2.33. The van der Waals surface area contributed by atoms with Gasteiger partial charge in [0.05, 0.1) is 13.0 Å². The summed E-state index contributed by atoms with van der Waals surface area (Å²) in [5.74, 6) is -20.5. The standard InChI is InChI=1S/C8H6BrF9O2/c9-3-4(19)20-2-1-5(10,11)6(12,13)7(14,15)8(16,17)18/h1-3H2. The Morgan fingerprint density at radius 2 is 1.35 bits per heavy atom. The van der Waals surface area contributed by atoms with Gasteiger partial charge in [-0.1, -0.05) is 15.9 Å². The third-order valence-corrected chi connectivity index (χ3v) is 2.46. The maximum absolute atomic E-state index is 12.8. The Balaban J connectivity index is 5.03. The molecule has 0 aromatic carbocycles. The number of halogens is 10. The lowest BCUT2D eigenvalue weighted by molar-refractivity contribution is -0.397. The molecule has 0 saturated heterocycles. The molecule has 0 unspecified atom stereocenters. The van der Waals surface area contributed by atoms with Crippen molar-refractivity contribution in [1.82, 2.24) is 0 Å². The van der Waals surface area contributed by atoms with Crippen LogP contribution in [0.15, 0.2) is 0 Å². The minimum atomic E-state index is -6.93. The highest BCUT2D eigenvalue weighted by Gasteiger charge is 2.81. The van der Waals surface area contributed by atoms with E-state index in [2.05, 4.69) is 20.7 Å². The Hall–Kier alpha value is -0.680. The summed E-state index contributed by atoms with van der Waals surface area (Å²) in [5.41, 5.74) is 0. The van der Waals surface area contributed by atoms with E-state index in [9.17, 15) is 44.3 Å². The Labute approximate surface area is 114 Å². The van der Waals surface area contributed by atoms with E-state index in [0.717, 1.165) is 0 Å². The molecule has 0 aliphatic heterocycles. The van der Waals surface area contributed by atoms with Crippen molar-refractivity contribution in [2.24, 2.45) is 0 Å². The molecular formula is C8H6BrF9O2. The second-order valence-electron chi connectivity index (χ2n) is 3.46. The topological polar surface area (TPSA) is 26.3 Å². The molecule has 0 spiro atoms. The second-order valence-corrected chi connectivity index (χ2v) is 4.02. The van der Waals surface area contributed by atoms with Crippen LogP contribution < -0.4 is 0 Å². The fourth-order valence-corrected chi connectivity index (χ4v) is 1.06. The van der Waals surface area contributed by atoms with Crippen LogP contribution in [0.5, 0.6) is 0 Å². The van der Waals surface area contributed by atoms with Crippen LogP contribution in [0, 0.1) is 0 Å². The number of hydrogen-bond acceptors (Lipinski definition) is 2. The predicted molar refractivity (Wildman–Crippen MR) is 50.3 cm³/mol. The van der Waals surface area contributed by atoms with Crippen molar-refractivity contribution in [3.05, 3.63) is 0 Å². The van der Waals surface area contributed by atoms with E-state index >= 15 is 0 Å². The van der Waals surface area contributed by atoms with Crippen molar-refractivity contribution in [1.29, 1.82) is 0 Å². The number of esters is 1. The number of ether oxygens (including phenoxy) is 1. The number of rotatable bonds is 6. The summed E-state index contributed by atoms with van der Waals surface area (Å²) in [6.45, 7) is -1.44. The number of alkyl halides is 10. The van der Waals surface area contributed by atoms with Crippen molar-refractivity contribution in [2.75, 3.05) is 11.9 Å². The van der Waals surface area contributed by atoms with Crippen LogP contribution in [-0.4, -0.2) is 41.9 Å². The Morgan fingerprint density at radius 3 is 1.70 bits per heavy atom. The molecule has 0 fully saturated rings. The quantitative estimate of drug-likeness (QED) is 0.395. The van der Waals surface area contributed by atoms with Crippen LogP contribution in [-0.2, 0) is 9.53 Å². The molecule has 20 heavy (non-hydrogen) atoms. The van der Waals surface area contributed by atoms with Crippen LogP contribution in [0.25, 0.3) is 0 Å². The van der Waals surface area contributed by atoms with Gasteiger partial charge in [-0.05, 0) is 0 Å². The van der Waals surface area contributed by atoms with E-state index in [4.69, 9.17) is 0 Å². The average Bonchev–Trinajstić information content (AvgIpc) is 2.26. The molecular weight excluding hydrogens is 379 g/mol. The molecule has 0 saturated carbocycles. The Morgan fingerprint density at radius 1 is 0.900 bits per heavy atom. The average molecular weight is 385 g/mol. The van der Waals surface area contributed by atoms with E-state index < -0.39 is 48.3 Å². The molecule has 0 bridgehead atoms. The maximum Gasteiger partial charge on any atom is 0.460 e. The van der Waals surface area contributed by atoms with Crippen molar-refractivity contribution < 1.29 is 49.0 Å². The van der Waals surface area contributed by atoms with E-state index in [1.54, 1.807) is 0 Å². The minimum Gasteiger partial charge on any atom is -0.465 e. The molecule has 12 heteroatoms.